The van der Waals surface area contributed by atoms with Gasteiger partial charge in [0.1, 0.15) is 0 Å². The third-order valence-electron chi connectivity index (χ3n) is 3.61. The van der Waals surface area contributed by atoms with Crippen LogP contribution in [0.3, 0.4) is 0 Å². The Bertz CT molecular complexity index is 251. The molecule has 1 heterocycles. The number of rotatable bonds is 6. The average Bonchev–Trinajstić information content (AvgIpc) is 2.28. The maximum atomic E-state index is 9.38. The first-order chi connectivity index (χ1) is 8.47. The van der Waals surface area contributed by atoms with Crippen LogP contribution in [-0.2, 0) is 0 Å². The maximum Gasteiger partial charge on any atom is 0.0639 e. The summed E-state index contributed by atoms with van der Waals surface area (Å²) in [6.07, 6.45) is 4.64. The average molecular weight is 254 g/mol. The summed E-state index contributed by atoms with van der Waals surface area (Å²) in [6.45, 7) is 11.6. The fourth-order valence-corrected chi connectivity index (χ4v) is 2.58. The summed E-state index contributed by atoms with van der Waals surface area (Å²) in [5.74, 6) is 0.825. The predicted octanol–water partition coefficient (Wildman–Crippen LogP) is 1.98. The summed E-state index contributed by atoms with van der Waals surface area (Å²) in [6, 6.07) is 0. The lowest BCUT2D eigenvalue weighted by Gasteiger charge is -2.34. The number of aliphatic hydroxyl groups excluding tert-OH is 1. The molecular weight excluding hydrogens is 224 g/mol. The molecule has 1 atom stereocenters. The first kappa shape index (κ1) is 15.7. The van der Waals surface area contributed by atoms with Crippen molar-refractivity contribution in [3.63, 3.8) is 0 Å². The lowest BCUT2D eigenvalue weighted by molar-refractivity contribution is 0.0935. The van der Waals surface area contributed by atoms with E-state index in [1.165, 1.54) is 25.0 Å². The lowest BCUT2D eigenvalue weighted by Crippen LogP contribution is -2.40. The van der Waals surface area contributed by atoms with Crippen LogP contribution in [-0.4, -0.2) is 60.8 Å². The van der Waals surface area contributed by atoms with Crippen molar-refractivity contribution in [3.8, 4) is 0 Å². The maximum absolute atomic E-state index is 9.38. The van der Waals surface area contributed by atoms with E-state index < -0.39 is 0 Å². The van der Waals surface area contributed by atoms with Gasteiger partial charge < -0.3 is 14.9 Å². The molecule has 1 N–H and O–H groups in total. The SMILES string of the molecule is CC(C)=CCN(C)CC1CCN(C[C@H](C)O)CC1. The summed E-state index contributed by atoms with van der Waals surface area (Å²) in [5, 5.41) is 9.38. The molecule has 0 aromatic heterocycles. The van der Waals surface area contributed by atoms with E-state index in [-0.39, 0.29) is 6.10 Å². The minimum Gasteiger partial charge on any atom is -0.392 e. The lowest BCUT2D eigenvalue weighted by atomic mass is 9.96. The zero-order chi connectivity index (χ0) is 13.5. The second-order valence-electron chi connectivity index (χ2n) is 6.10. The van der Waals surface area contributed by atoms with E-state index in [4.69, 9.17) is 0 Å². The van der Waals surface area contributed by atoms with Crippen LogP contribution in [0.25, 0.3) is 0 Å². The normalized spacial score (nSPS) is 20.1. The monoisotopic (exact) mass is 254 g/mol. The summed E-state index contributed by atoms with van der Waals surface area (Å²) >= 11 is 0. The summed E-state index contributed by atoms with van der Waals surface area (Å²) in [7, 11) is 2.21. The van der Waals surface area contributed by atoms with Gasteiger partial charge in [0.15, 0.2) is 0 Å². The molecule has 0 amide bonds. The first-order valence-corrected chi connectivity index (χ1v) is 7.19. The number of nitrogens with zero attached hydrogens (tertiary/aromatic N) is 2. The van der Waals surface area contributed by atoms with Crippen LogP contribution in [0.4, 0.5) is 0 Å². The minimum absolute atomic E-state index is 0.193. The molecule has 1 aliphatic heterocycles. The van der Waals surface area contributed by atoms with E-state index in [2.05, 4.69) is 36.8 Å². The fraction of sp³-hybridized carbons (Fsp3) is 0.867. The van der Waals surface area contributed by atoms with Gasteiger partial charge in [-0.2, -0.15) is 0 Å². The van der Waals surface area contributed by atoms with Gasteiger partial charge in [-0.05, 0) is 59.7 Å². The summed E-state index contributed by atoms with van der Waals surface area (Å²) in [5.41, 5.74) is 1.40. The molecule has 0 aromatic rings. The van der Waals surface area contributed by atoms with Gasteiger partial charge in [-0.25, -0.2) is 0 Å². The Balaban J connectivity index is 2.20. The Morgan fingerprint density at radius 1 is 1.39 bits per heavy atom. The first-order valence-electron chi connectivity index (χ1n) is 7.19. The molecule has 3 heteroatoms. The highest BCUT2D eigenvalue weighted by molar-refractivity contribution is 4.94. The number of allylic oxidation sites excluding steroid dienone is 1. The van der Waals surface area contributed by atoms with Crippen molar-refractivity contribution in [2.75, 3.05) is 39.8 Å². The van der Waals surface area contributed by atoms with Crippen LogP contribution < -0.4 is 0 Å². The van der Waals surface area contributed by atoms with Crippen molar-refractivity contribution in [1.82, 2.24) is 9.80 Å². The molecule has 0 bridgehead atoms. The molecule has 0 spiro atoms. The van der Waals surface area contributed by atoms with Crippen molar-refractivity contribution in [2.45, 2.75) is 39.7 Å². The predicted molar refractivity (Wildman–Crippen MR) is 77.8 cm³/mol. The highest BCUT2D eigenvalue weighted by Crippen LogP contribution is 2.18. The molecule has 18 heavy (non-hydrogen) atoms. The number of likely N-dealkylation sites (tertiary alicyclic amines) is 1. The van der Waals surface area contributed by atoms with Gasteiger partial charge in [0.25, 0.3) is 0 Å². The molecule has 0 aliphatic carbocycles. The summed E-state index contributed by atoms with van der Waals surface area (Å²) in [4.78, 5) is 4.80. The van der Waals surface area contributed by atoms with Gasteiger partial charge in [0.2, 0.25) is 0 Å². The van der Waals surface area contributed by atoms with E-state index in [0.29, 0.717) is 0 Å². The molecule has 0 radical (unpaired) electrons. The van der Waals surface area contributed by atoms with Crippen molar-refractivity contribution in [3.05, 3.63) is 11.6 Å². The molecule has 0 saturated carbocycles. The number of piperidine rings is 1. The van der Waals surface area contributed by atoms with Gasteiger partial charge in [-0.15, -0.1) is 0 Å². The van der Waals surface area contributed by atoms with E-state index in [0.717, 1.165) is 32.1 Å². The second kappa shape index (κ2) is 7.93. The van der Waals surface area contributed by atoms with Crippen LogP contribution in [0.1, 0.15) is 33.6 Å². The van der Waals surface area contributed by atoms with Gasteiger partial charge >= 0.3 is 0 Å². The highest BCUT2D eigenvalue weighted by Gasteiger charge is 2.20. The third kappa shape index (κ3) is 6.53. The third-order valence-corrected chi connectivity index (χ3v) is 3.61. The van der Waals surface area contributed by atoms with E-state index >= 15 is 0 Å². The van der Waals surface area contributed by atoms with Crippen molar-refractivity contribution in [1.29, 1.82) is 0 Å². The molecule has 106 valence electrons. The van der Waals surface area contributed by atoms with Crippen molar-refractivity contribution >= 4 is 0 Å². The number of hydrogen-bond donors (Lipinski definition) is 1. The highest BCUT2D eigenvalue weighted by atomic mass is 16.3. The van der Waals surface area contributed by atoms with Crippen LogP contribution in [0.15, 0.2) is 11.6 Å². The Labute approximate surface area is 112 Å². The van der Waals surface area contributed by atoms with Crippen LogP contribution >= 0.6 is 0 Å². The summed E-state index contributed by atoms with van der Waals surface area (Å²) < 4.78 is 0. The van der Waals surface area contributed by atoms with Gasteiger partial charge in [-0.3, -0.25) is 0 Å². The van der Waals surface area contributed by atoms with E-state index in [1.54, 1.807) is 0 Å². The van der Waals surface area contributed by atoms with Crippen molar-refractivity contribution in [2.24, 2.45) is 5.92 Å². The topological polar surface area (TPSA) is 26.7 Å². The van der Waals surface area contributed by atoms with Gasteiger partial charge in [-0.1, -0.05) is 11.6 Å². The molecule has 3 nitrogen and oxygen atoms in total. The molecule has 1 fully saturated rings. The second-order valence-corrected chi connectivity index (χ2v) is 6.10. The number of aliphatic hydroxyl groups is 1. The number of hydrogen-bond acceptors (Lipinski definition) is 3. The zero-order valence-corrected chi connectivity index (χ0v) is 12.5. The molecular formula is C15H30N2O. The van der Waals surface area contributed by atoms with E-state index in [1.807, 2.05) is 6.92 Å². The zero-order valence-electron chi connectivity index (χ0n) is 12.5. The molecule has 0 aromatic carbocycles. The largest absolute Gasteiger partial charge is 0.392 e. The Morgan fingerprint density at radius 2 is 2.00 bits per heavy atom. The standard InChI is InChI=1S/C15H30N2O/c1-13(2)5-8-16(4)12-15-6-9-17(10-7-15)11-14(3)18/h5,14-15,18H,6-12H2,1-4H3/t14-/m0/s1. The number of likely N-dealkylation sites (N-methyl/N-ethyl adjacent to an activating group) is 1. The molecule has 1 aliphatic rings. The fourth-order valence-electron chi connectivity index (χ4n) is 2.58. The van der Waals surface area contributed by atoms with Crippen LogP contribution in [0.5, 0.6) is 0 Å². The Hall–Kier alpha value is -0.380. The number of β-amino-alcohol motifs (C(OH)–C–C–N with tert-alkyl or cyclic N) is 1. The van der Waals surface area contributed by atoms with Crippen LogP contribution in [0.2, 0.25) is 0 Å². The molecule has 1 rings (SSSR count). The minimum atomic E-state index is -0.193. The molecule has 1 saturated heterocycles. The Morgan fingerprint density at radius 3 is 2.50 bits per heavy atom. The quantitative estimate of drug-likeness (QED) is 0.734. The van der Waals surface area contributed by atoms with Gasteiger partial charge in [0, 0.05) is 19.6 Å². The molecule has 0 unspecified atom stereocenters. The van der Waals surface area contributed by atoms with Crippen LogP contribution in [0, 0.1) is 5.92 Å². The van der Waals surface area contributed by atoms with Gasteiger partial charge in [0.05, 0.1) is 6.10 Å². The van der Waals surface area contributed by atoms with E-state index in [9.17, 15) is 5.11 Å². The van der Waals surface area contributed by atoms with Crippen molar-refractivity contribution < 1.29 is 5.11 Å². The smallest absolute Gasteiger partial charge is 0.0639 e. The Kier molecular flexibility index (Phi) is 6.90.